The van der Waals surface area contributed by atoms with Crippen LogP contribution in [0.5, 0.6) is 0 Å². The Morgan fingerprint density at radius 3 is 2.65 bits per heavy atom. The molecular weight excluding hydrogens is 336 g/mol. The lowest BCUT2D eigenvalue weighted by Gasteiger charge is -2.27. The van der Waals surface area contributed by atoms with Gasteiger partial charge >= 0.3 is 0 Å². The number of aromatic nitrogens is 3. The lowest BCUT2D eigenvalue weighted by Crippen LogP contribution is -2.42. The first kappa shape index (κ1) is 15.5. The highest BCUT2D eigenvalue weighted by atomic mass is 35.5. The van der Waals surface area contributed by atoms with Gasteiger partial charge in [-0.05, 0) is 11.6 Å². The van der Waals surface area contributed by atoms with Crippen molar-refractivity contribution in [3.05, 3.63) is 10.3 Å². The predicted molar refractivity (Wildman–Crippen MR) is 91.4 cm³/mol. The van der Waals surface area contributed by atoms with Crippen molar-refractivity contribution in [1.82, 2.24) is 25.2 Å². The van der Waals surface area contributed by atoms with Crippen LogP contribution in [0.15, 0.2) is 0 Å². The van der Waals surface area contributed by atoms with E-state index in [1.807, 2.05) is 0 Å². The van der Waals surface area contributed by atoms with Crippen LogP contribution < -0.4 is 10.2 Å². The summed E-state index contributed by atoms with van der Waals surface area (Å²) < 4.78 is 6.46. The van der Waals surface area contributed by atoms with Crippen LogP contribution in [-0.2, 0) is 11.3 Å². The van der Waals surface area contributed by atoms with E-state index in [9.17, 15) is 0 Å². The third-order valence-corrected chi connectivity index (χ3v) is 5.33. The van der Waals surface area contributed by atoms with E-state index >= 15 is 0 Å². The second-order valence-electron chi connectivity index (χ2n) is 5.70. The topological polar surface area (TPSA) is 66.4 Å². The van der Waals surface area contributed by atoms with Crippen molar-refractivity contribution in [1.29, 1.82) is 0 Å². The highest BCUT2D eigenvalue weighted by Crippen LogP contribution is 2.31. The molecule has 0 aromatic carbocycles. The second-order valence-corrected chi connectivity index (χ2v) is 7.12. The summed E-state index contributed by atoms with van der Waals surface area (Å²) in [5.41, 5.74) is 0.710. The van der Waals surface area contributed by atoms with Gasteiger partial charge in [-0.15, -0.1) is 11.3 Å². The maximum Gasteiger partial charge on any atom is 0.226 e. The normalized spacial score (nSPS) is 20.3. The Hall–Kier alpha value is -1.06. The molecule has 0 aliphatic carbocycles. The van der Waals surface area contributed by atoms with E-state index in [0.717, 1.165) is 74.6 Å². The molecular formula is C14H19ClN6OS. The van der Waals surface area contributed by atoms with E-state index < -0.39 is 0 Å². The van der Waals surface area contributed by atoms with Gasteiger partial charge in [0.15, 0.2) is 11.5 Å². The molecule has 2 aromatic heterocycles. The number of nitrogens with zero attached hydrogens (tertiary/aromatic N) is 5. The molecule has 2 aliphatic heterocycles. The Balaban J connectivity index is 1.63. The van der Waals surface area contributed by atoms with Crippen molar-refractivity contribution in [2.45, 2.75) is 6.54 Å². The monoisotopic (exact) mass is 354 g/mol. The number of rotatable bonds is 3. The van der Waals surface area contributed by atoms with Crippen LogP contribution in [-0.4, -0.2) is 72.3 Å². The zero-order chi connectivity index (χ0) is 15.6. The summed E-state index contributed by atoms with van der Waals surface area (Å²) in [4.78, 5) is 18.1. The van der Waals surface area contributed by atoms with Gasteiger partial charge in [0.1, 0.15) is 9.71 Å². The smallest absolute Gasteiger partial charge is 0.226 e. The molecule has 2 saturated heterocycles. The molecule has 4 heterocycles. The maximum atomic E-state index is 6.11. The largest absolute Gasteiger partial charge is 0.378 e. The Bertz CT molecular complexity index is 683. The molecule has 0 amide bonds. The van der Waals surface area contributed by atoms with Crippen molar-refractivity contribution in [3.8, 4) is 0 Å². The minimum absolute atomic E-state index is 0.262. The van der Waals surface area contributed by atoms with E-state index in [4.69, 9.17) is 16.3 Å². The van der Waals surface area contributed by atoms with E-state index in [-0.39, 0.29) is 5.28 Å². The summed E-state index contributed by atoms with van der Waals surface area (Å²) in [6.07, 6.45) is 0. The van der Waals surface area contributed by atoms with Crippen LogP contribution in [0, 0.1) is 0 Å². The van der Waals surface area contributed by atoms with Gasteiger partial charge in [0, 0.05) is 39.3 Å². The minimum atomic E-state index is 0.262. The highest BCUT2D eigenvalue weighted by molar-refractivity contribution is 7.19. The Kier molecular flexibility index (Phi) is 4.59. The van der Waals surface area contributed by atoms with Crippen molar-refractivity contribution < 1.29 is 4.74 Å². The highest BCUT2D eigenvalue weighted by Gasteiger charge is 2.21. The maximum absolute atomic E-state index is 6.11. The van der Waals surface area contributed by atoms with E-state index in [1.54, 1.807) is 11.3 Å². The lowest BCUT2D eigenvalue weighted by atomic mass is 10.3. The number of thiazole rings is 1. The molecule has 124 valence electrons. The molecule has 9 heteroatoms. The third kappa shape index (κ3) is 3.41. The number of ether oxygens (including phenoxy) is 1. The molecule has 4 rings (SSSR count). The predicted octanol–water partition coefficient (Wildman–Crippen LogP) is 0.982. The van der Waals surface area contributed by atoms with Crippen LogP contribution >= 0.6 is 22.9 Å². The van der Waals surface area contributed by atoms with Crippen LogP contribution in [0.2, 0.25) is 5.28 Å². The standard InChI is InChI=1S/C14H19ClN6OS/c15-14-18-12-11(13(19-14)21-5-7-22-8-6-21)23-10(17-12)9-20-3-1-16-2-4-20/h16H,1-9H2. The van der Waals surface area contributed by atoms with Gasteiger partial charge in [0.05, 0.1) is 19.8 Å². The van der Waals surface area contributed by atoms with Gasteiger partial charge in [0.2, 0.25) is 5.28 Å². The zero-order valence-electron chi connectivity index (χ0n) is 12.8. The van der Waals surface area contributed by atoms with E-state index in [2.05, 4.69) is 30.1 Å². The molecule has 0 radical (unpaired) electrons. The van der Waals surface area contributed by atoms with Crippen LogP contribution in [0.25, 0.3) is 10.3 Å². The fourth-order valence-electron chi connectivity index (χ4n) is 2.94. The van der Waals surface area contributed by atoms with E-state index in [1.165, 1.54) is 0 Å². The van der Waals surface area contributed by atoms with Gasteiger partial charge in [0.25, 0.3) is 0 Å². The Morgan fingerprint density at radius 2 is 1.87 bits per heavy atom. The van der Waals surface area contributed by atoms with Gasteiger partial charge < -0.3 is 15.0 Å². The molecule has 0 unspecified atom stereocenters. The number of fused-ring (bicyclic) bond motifs is 1. The van der Waals surface area contributed by atoms with Gasteiger partial charge in [-0.3, -0.25) is 4.90 Å². The fourth-order valence-corrected chi connectivity index (χ4v) is 4.17. The minimum Gasteiger partial charge on any atom is -0.378 e. The number of piperazine rings is 1. The Morgan fingerprint density at radius 1 is 1.09 bits per heavy atom. The second kappa shape index (κ2) is 6.82. The molecule has 0 bridgehead atoms. The van der Waals surface area contributed by atoms with Crippen LogP contribution in [0.4, 0.5) is 5.82 Å². The first-order valence-electron chi connectivity index (χ1n) is 7.88. The summed E-state index contributed by atoms with van der Waals surface area (Å²) >= 11 is 7.79. The number of nitrogens with one attached hydrogen (secondary N) is 1. The number of anilines is 1. The van der Waals surface area contributed by atoms with Gasteiger partial charge in [-0.2, -0.15) is 9.97 Å². The molecule has 23 heavy (non-hydrogen) atoms. The quantitative estimate of drug-likeness (QED) is 0.824. The Labute approximate surface area is 143 Å². The van der Waals surface area contributed by atoms with Gasteiger partial charge in [-0.25, -0.2) is 4.98 Å². The van der Waals surface area contributed by atoms with Gasteiger partial charge in [-0.1, -0.05) is 0 Å². The lowest BCUT2D eigenvalue weighted by molar-refractivity contribution is 0.122. The average Bonchev–Trinajstić information content (AvgIpc) is 2.98. The summed E-state index contributed by atoms with van der Waals surface area (Å²) in [5, 5.41) is 4.71. The molecule has 0 spiro atoms. The summed E-state index contributed by atoms with van der Waals surface area (Å²) in [7, 11) is 0. The number of hydrogen-bond acceptors (Lipinski definition) is 8. The zero-order valence-corrected chi connectivity index (χ0v) is 14.4. The number of halogens is 1. The molecule has 7 nitrogen and oxygen atoms in total. The van der Waals surface area contributed by atoms with E-state index in [0.29, 0.717) is 5.65 Å². The van der Waals surface area contributed by atoms with Crippen molar-refractivity contribution in [3.63, 3.8) is 0 Å². The van der Waals surface area contributed by atoms with Crippen LogP contribution in [0.1, 0.15) is 5.01 Å². The molecule has 2 aliphatic rings. The van der Waals surface area contributed by atoms with Crippen molar-refractivity contribution in [2.75, 3.05) is 57.4 Å². The average molecular weight is 355 g/mol. The van der Waals surface area contributed by atoms with Crippen molar-refractivity contribution >= 4 is 39.1 Å². The summed E-state index contributed by atoms with van der Waals surface area (Å²) in [6.45, 7) is 8.14. The molecule has 1 N–H and O–H groups in total. The SMILES string of the molecule is Clc1nc(N2CCOCC2)c2sc(CN3CCNCC3)nc2n1. The first-order valence-corrected chi connectivity index (χ1v) is 9.08. The molecule has 0 saturated carbocycles. The van der Waals surface area contributed by atoms with Crippen molar-refractivity contribution in [2.24, 2.45) is 0 Å². The first-order chi connectivity index (χ1) is 11.3. The number of morpholine rings is 1. The summed E-state index contributed by atoms with van der Waals surface area (Å²) in [5.74, 6) is 0.896. The number of hydrogen-bond donors (Lipinski definition) is 1. The summed E-state index contributed by atoms with van der Waals surface area (Å²) in [6, 6.07) is 0. The third-order valence-electron chi connectivity index (χ3n) is 4.13. The van der Waals surface area contributed by atoms with Crippen LogP contribution in [0.3, 0.4) is 0 Å². The molecule has 2 fully saturated rings. The molecule has 0 atom stereocenters. The fraction of sp³-hybridized carbons (Fsp3) is 0.643. The molecule has 2 aromatic rings.